The minimum absolute atomic E-state index is 0. The molecule has 1 amide bonds. The van der Waals surface area contributed by atoms with Gasteiger partial charge in [0.1, 0.15) is 5.60 Å². The lowest BCUT2D eigenvalue weighted by Crippen LogP contribution is -2.60. The van der Waals surface area contributed by atoms with Gasteiger partial charge in [-0.05, 0) is 82.8 Å². The Labute approximate surface area is 195 Å². The third kappa shape index (κ3) is 4.40. The molecule has 3 fully saturated rings. The Morgan fingerprint density at radius 3 is 2.47 bits per heavy atom. The lowest BCUT2D eigenvalue weighted by Gasteiger charge is -2.46. The Morgan fingerprint density at radius 2 is 1.73 bits per heavy atom. The van der Waals surface area contributed by atoms with Crippen LogP contribution >= 0.6 is 36.2 Å². The first-order valence-electron chi connectivity index (χ1n) is 10.8. The van der Waals surface area contributed by atoms with Crippen molar-refractivity contribution in [3.63, 3.8) is 0 Å². The van der Waals surface area contributed by atoms with Gasteiger partial charge in [0.25, 0.3) is 5.91 Å². The average Bonchev–Trinajstić information content (AvgIpc) is 3.18. The molecule has 1 atom stereocenters. The Hall–Kier alpha value is -0.410. The van der Waals surface area contributed by atoms with Crippen molar-refractivity contribution in [2.45, 2.75) is 62.2 Å². The Kier molecular flexibility index (Phi) is 8.10. The molecule has 1 unspecified atom stereocenters. The van der Waals surface area contributed by atoms with Gasteiger partial charge in [-0.1, -0.05) is 0 Å². The lowest BCUT2D eigenvalue weighted by atomic mass is 9.80. The van der Waals surface area contributed by atoms with Gasteiger partial charge in [-0.2, -0.15) is 0 Å². The summed E-state index contributed by atoms with van der Waals surface area (Å²) in [6.45, 7) is 5.47. The van der Waals surface area contributed by atoms with Crippen molar-refractivity contribution in [1.82, 2.24) is 16.0 Å². The Bertz CT molecular complexity index is 725. The summed E-state index contributed by atoms with van der Waals surface area (Å²) >= 11 is 1.65. The highest BCUT2D eigenvalue weighted by atomic mass is 35.5. The van der Waals surface area contributed by atoms with Crippen molar-refractivity contribution in [2.24, 2.45) is 0 Å². The van der Waals surface area contributed by atoms with Crippen LogP contribution in [0, 0.1) is 0 Å². The number of carbonyl (C=O) groups is 1. The zero-order valence-electron chi connectivity index (χ0n) is 17.3. The SMILES string of the molecule is Cl.Cl.O=C(NC1CCCOC12CCNCC2)c1cc2c(s1)C1(CCNCC1)OCC2. The number of hydrogen-bond acceptors (Lipinski definition) is 6. The maximum absolute atomic E-state index is 13.2. The molecule has 3 N–H and O–H groups in total. The van der Waals surface area contributed by atoms with Gasteiger partial charge in [0.2, 0.25) is 0 Å². The summed E-state index contributed by atoms with van der Waals surface area (Å²) in [4.78, 5) is 15.3. The van der Waals surface area contributed by atoms with E-state index in [0.717, 1.165) is 89.2 Å². The van der Waals surface area contributed by atoms with Gasteiger partial charge >= 0.3 is 0 Å². The molecule has 5 heterocycles. The Morgan fingerprint density at radius 1 is 1.03 bits per heavy atom. The fourth-order valence-corrected chi connectivity index (χ4v) is 6.75. The zero-order chi connectivity index (χ0) is 19.0. The van der Waals surface area contributed by atoms with Crippen molar-refractivity contribution < 1.29 is 14.3 Å². The van der Waals surface area contributed by atoms with Crippen molar-refractivity contribution in [3.05, 3.63) is 21.4 Å². The van der Waals surface area contributed by atoms with E-state index in [9.17, 15) is 4.79 Å². The second-order valence-electron chi connectivity index (χ2n) is 8.64. The van der Waals surface area contributed by atoms with E-state index in [1.807, 2.05) is 0 Å². The molecular formula is C21H33Cl2N3O3S. The number of piperidine rings is 2. The summed E-state index contributed by atoms with van der Waals surface area (Å²) in [7, 11) is 0. The minimum atomic E-state index is -0.185. The summed E-state index contributed by atoms with van der Waals surface area (Å²) in [5.74, 6) is 0.0666. The van der Waals surface area contributed by atoms with Crippen LogP contribution in [0.4, 0.5) is 0 Å². The molecule has 0 aromatic carbocycles. The maximum Gasteiger partial charge on any atom is 0.261 e. The quantitative estimate of drug-likeness (QED) is 0.610. The second kappa shape index (κ2) is 10.0. The summed E-state index contributed by atoms with van der Waals surface area (Å²) in [5, 5.41) is 10.2. The van der Waals surface area contributed by atoms with Crippen molar-refractivity contribution in [2.75, 3.05) is 39.4 Å². The smallest absolute Gasteiger partial charge is 0.261 e. The van der Waals surface area contributed by atoms with Crippen LogP contribution in [0.15, 0.2) is 6.07 Å². The fourth-order valence-electron chi connectivity index (χ4n) is 5.44. The number of ether oxygens (including phenoxy) is 2. The standard InChI is InChI=1S/C21H31N3O3S.2ClH/c25-19(24-17-2-1-12-26-20(17)4-8-22-9-5-20)16-14-15-3-13-27-21(18(15)28-16)6-10-23-11-7-21;;/h14,17,22-23H,1-13H2,(H,24,25);2*1H. The molecule has 4 aliphatic heterocycles. The molecule has 1 aromatic heterocycles. The highest BCUT2D eigenvalue weighted by Crippen LogP contribution is 2.44. The van der Waals surface area contributed by atoms with Crippen LogP contribution in [0.1, 0.15) is 58.6 Å². The van der Waals surface area contributed by atoms with Gasteiger partial charge in [0.05, 0.1) is 23.1 Å². The molecule has 9 heteroatoms. The van der Waals surface area contributed by atoms with E-state index in [1.54, 1.807) is 11.3 Å². The molecule has 0 saturated carbocycles. The van der Waals surface area contributed by atoms with Crippen LogP contribution in [0.3, 0.4) is 0 Å². The Balaban J connectivity index is 0.00000128. The van der Waals surface area contributed by atoms with Gasteiger partial charge in [-0.3, -0.25) is 4.79 Å². The van der Waals surface area contributed by atoms with Crippen molar-refractivity contribution in [1.29, 1.82) is 0 Å². The molecule has 30 heavy (non-hydrogen) atoms. The number of nitrogens with one attached hydrogen (secondary N) is 3. The van der Waals surface area contributed by atoms with Crippen molar-refractivity contribution >= 4 is 42.1 Å². The molecule has 0 bridgehead atoms. The molecule has 3 saturated heterocycles. The van der Waals surface area contributed by atoms with E-state index >= 15 is 0 Å². The molecule has 0 radical (unpaired) electrons. The number of rotatable bonds is 2. The van der Waals surface area contributed by atoms with E-state index in [2.05, 4.69) is 22.0 Å². The topological polar surface area (TPSA) is 71.6 Å². The highest BCUT2D eigenvalue weighted by Gasteiger charge is 2.45. The number of carbonyl (C=O) groups excluding carboxylic acids is 1. The molecule has 5 rings (SSSR count). The van der Waals surface area contributed by atoms with Crippen LogP contribution in [0.2, 0.25) is 0 Å². The van der Waals surface area contributed by atoms with E-state index < -0.39 is 0 Å². The van der Waals surface area contributed by atoms with Crippen molar-refractivity contribution in [3.8, 4) is 0 Å². The van der Waals surface area contributed by atoms with Gasteiger partial charge in [-0.15, -0.1) is 36.2 Å². The molecular weight excluding hydrogens is 445 g/mol. The van der Waals surface area contributed by atoms with Crippen LogP contribution in [-0.4, -0.2) is 56.9 Å². The summed E-state index contributed by atoms with van der Waals surface area (Å²) < 4.78 is 12.5. The molecule has 6 nitrogen and oxygen atoms in total. The first-order valence-corrected chi connectivity index (χ1v) is 11.7. The van der Waals surface area contributed by atoms with Crippen LogP contribution < -0.4 is 16.0 Å². The van der Waals surface area contributed by atoms with Crippen LogP contribution in [0.5, 0.6) is 0 Å². The minimum Gasteiger partial charge on any atom is -0.373 e. The average molecular weight is 478 g/mol. The first kappa shape index (κ1) is 24.2. The largest absolute Gasteiger partial charge is 0.373 e. The third-order valence-electron chi connectivity index (χ3n) is 7.02. The van der Waals surface area contributed by atoms with E-state index in [1.165, 1.54) is 10.4 Å². The molecule has 170 valence electrons. The normalized spacial score (nSPS) is 26.9. The number of thiophene rings is 1. The van der Waals surface area contributed by atoms with E-state index in [-0.39, 0.29) is 48.0 Å². The van der Waals surface area contributed by atoms with Crippen LogP contribution in [-0.2, 0) is 21.5 Å². The van der Waals surface area contributed by atoms with E-state index in [0.29, 0.717) is 0 Å². The predicted molar refractivity (Wildman–Crippen MR) is 124 cm³/mol. The number of fused-ring (bicyclic) bond motifs is 2. The predicted octanol–water partition coefficient (Wildman–Crippen LogP) is 2.77. The fraction of sp³-hybridized carbons (Fsp3) is 0.762. The van der Waals surface area contributed by atoms with Gasteiger partial charge in [0, 0.05) is 11.5 Å². The summed E-state index contributed by atoms with van der Waals surface area (Å²) in [6.07, 6.45) is 6.88. The van der Waals surface area contributed by atoms with Gasteiger partial charge < -0.3 is 25.4 Å². The molecule has 0 aliphatic carbocycles. The molecule has 1 aromatic rings. The maximum atomic E-state index is 13.2. The third-order valence-corrected chi connectivity index (χ3v) is 8.39. The number of hydrogen-bond donors (Lipinski definition) is 3. The number of halogens is 2. The second-order valence-corrected chi connectivity index (χ2v) is 9.69. The molecule has 2 spiro atoms. The van der Waals surface area contributed by atoms with E-state index in [4.69, 9.17) is 9.47 Å². The first-order chi connectivity index (χ1) is 13.7. The monoisotopic (exact) mass is 477 g/mol. The van der Waals surface area contributed by atoms with Gasteiger partial charge in [0.15, 0.2) is 0 Å². The van der Waals surface area contributed by atoms with Crippen LogP contribution in [0.25, 0.3) is 0 Å². The molecule has 4 aliphatic rings. The summed E-state index contributed by atoms with van der Waals surface area (Å²) in [5.41, 5.74) is 0.960. The lowest BCUT2D eigenvalue weighted by molar-refractivity contribution is -0.114. The summed E-state index contributed by atoms with van der Waals surface area (Å²) in [6, 6.07) is 2.24. The highest BCUT2D eigenvalue weighted by molar-refractivity contribution is 7.14. The van der Waals surface area contributed by atoms with Gasteiger partial charge in [-0.25, -0.2) is 0 Å². The zero-order valence-corrected chi connectivity index (χ0v) is 19.7. The number of amides is 1.